The van der Waals surface area contributed by atoms with Crippen LogP contribution in [0.1, 0.15) is 10.5 Å². The van der Waals surface area contributed by atoms with Gasteiger partial charge in [-0.2, -0.15) is 0 Å². The maximum Gasteiger partial charge on any atom is 0.274 e. The average Bonchev–Trinajstić information content (AvgIpc) is 2.65. The standard InChI is InChI=1S/C18H10ClF4N3O/c19-11-7-9(1-2-12(11)20)26-18(27)15-8-10(5-6-24-15)25-14-4-3-13(21)16(22)17(14)23/h1-8H,(H,24,25)(H,26,27). The van der Waals surface area contributed by atoms with E-state index in [1.54, 1.807) is 0 Å². The number of carbonyl (C=O) groups excluding carboxylic acids is 1. The molecule has 138 valence electrons. The van der Waals surface area contributed by atoms with Crippen LogP contribution in [0.4, 0.5) is 34.6 Å². The van der Waals surface area contributed by atoms with Gasteiger partial charge in [0.05, 0.1) is 10.7 Å². The summed E-state index contributed by atoms with van der Waals surface area (Å²) in [6.45, 7) is 0. The van der Waals surface area contributed by atoms with Gasteiger partial charge in [0.25, 0.3) is 5.91 Å². The molecule has 0 fully saturated rings. The number of anilines is 3. The lowest BCUT2D eigenvalue weighted by Gasteiger charge is -2.10. The van der Waals surface area contributed by atoms with Gasteiger partial charge in [-0.05, 0) is 42.5 Å². The first-order chi connectivity index (χ1) is 12.8. The first-order valence-corrected chi connectivity index (χ1v) is 7.86. The van der Waals surface area contributed by atoms with E-state index in [1.165, 1.54) is 30.5 Å². The lowest BCUT2D eigenvalue weighted by molar-refractivity contribution is 0.102. The van der Waals surface area contributed by atoms with Crippen LogP contribution in [0.3, 0.4) is 0 Å². The summed E-state index contributed by atoms with van der Waals surface area (Å²) in [6.07, 6.45) is 1.27. The minimum absolute atomic E-state index is 0.0524. The van der Waals surface area contributed by atoms with Crippen LogP contribution in [0.15, 0.2) is 48.7 Å². The van der Waals surface area contributed by atoms with E-state index in [0.717, 1.165) is 18.2 Å². The largest absolute Gasteiger partial charge is 0.353 e. The number of hydrogen-bond acceptors (Lipinski definition) is 3. The summed E-state index contributed by atoms with van der Waals surface area (Å²) in [5.74, 6) is -5.58. The molecule has 0 bridgehead atoms. The van der Waals surface area contributed by atoms with E-state index in [-0.39, 0.29) is 27.8 Å². The third-order valence-corrected chi connectivity index (χ3v) is 3.77. The third-order valence-electron chi connectivity index (χ3n) is 3.48. The predicted molar refractivity (Wildman–Crippen MR) is 93.2 cm³/mol. The quantitative estimate of drug-likeness (QED) is 0.466. The normalized spacial score (nSPS) is 10.6. The molecule has 0 saturated carbocycles. The first kappa shape index (κ1) is 18.7. The molecule has 9 heteroatoms. The Morgan fingerprint density at radius 2 is 1.63 bits per heavy atom. The molecule has 0 spiro atoms. The Hall–Kier alpha value is -3.13. The van der Waals surface area contributed by atoms with Crippen molar-refractivity contribution in [1.82, 2.24) is 4.98 Å². The van der Waals surface area contributed by atoms with Crippen molar-refractivity contribution in [1.29, 1.82) is 0 Å². The zero-order valence-electron chi connectivity index (χ0n) is 13.4. The third kappa shape index (κ3) is 4.17. The van der Waals surface area contributed by atoms with E-state index in [1.807, 2.05) is 0 Å². The molecule has 1 aromatic heterocycles. The topological polar surface area (TPSA) is 54.0 Å². The molecule has 3 rings (SSSR count). The van der Waals surface area contributed by atoms with Crippen molar-refractivity contribution < 1.29 is 22.4 Å². The molecule has 0 radical (unpaired) electrons. The molecule has 0 atom stereocenters. The zero-order chi connectivity index (χ0) is 19.6. The van der Waals surface area contributed by atoms with Gasteiger partial charge >= 0.3 is 0 Å². The summed E-state index contributed by atoms with van der Waals surface area (Å²) in [5, 5.41) is 4.86. The lowest BCUT2D eigenvalue weighted by atomic mass is 10.2. The van der Waals surface area contributed by atoms with E-state index in [0.29, 0.717) is 0 Å². The number of nitrogens with one attached hydrogen (secondary N) is 2. The molecule has 0 unspecified atom stereocenters. The van der Waals surface area contributed by atoms with Crippen LogP contribution >= 0.6 is 11.6 Å². The van der Waals surface area contributed by atoms with Crippen LogP contribution in [0.5, 0.6) is 0 Å². The average molecular weight is 396 g/mol. The fourth-order valence-electron chi connectivity index (χ4n) is 2.18. The minimum atomic E-state index is -1.61. The summed E-state index contributed by atoms with van der Waals surface area (Å²) < 4.78 is 53.2. The number of benzene rings is 2. The van der Waals surface area contributed by atoms with E-state index in [2.05, 4.69) is 15.6 Å². The van der Waals surface area contributed by atoms with Gasteiger partial charge in [-0.15, -0.1) is 0 Å². The Labute approximate surface area is 155 Å². The highest BCUT2D eigenvalue weighted by atomic mass is 35.5. The monoisotopic (exact) mass is 395 g/mol. The van der Waals surface area contributed by atoms with E-state index < -0.39 is 29.2 Å². The smallest absolute Gasteiger partial charge is 0.274 e. The van der Waals surface area contributed by atoms with Crippen LogP contribution in [0, 0.1) is 23.3 Å². The van der Waals surface area contributed by atoms with Gasteiger partial charge in [0.15, 0.2) is 17.5 Å². The zero-order valence-corrected chi connectivity index (χ0v) is 14.1. The molecule has 1 heterocycles. The van der Waals surface area contributed by atoms with Crippen LogP contribution in [0.2, 0.25) is 5.02 Å². The van der Waals surface area contributed by atoms with E-state index in [4.69, 9.17) is 11.6 Å². The summed E-state index contributed by atoms with van der Waals surface area (Å²) in [6, 6.07) is 8.12. The maximum absolute atomic E-state index is 13.7. The Kier molecular flexibility index (Phi) is 5.27. The van der Waals surface area contributed by atoms with Crippen molar-refractivity contribution in [3.05, 3.63) is 82.6 Å². The summed E-state index contributed by atoms with van der Waals surface area (Å²) >= 11 is 5.65. The van der Waals surface area contributed by atoms with Gasteiger partial charge in [0.2, 0.25) is 0 Å². The Balaban J connectivity index is 1.80. The molecule has 3 aromatic rings. The van der Waals surface area contributed by atoms with Gasteiger partial charge in [0.1, 0.15) is 11.5 Å². The van der Waals surface area contributed by atoms with Gasteiger partial charge in [-0.25, -0.2) is 17.6 Å². The highest BCUT2D eigenvalue weighted by molar-refractivity contribution is 6.31. The fourth-order valence-corrected chi connectivity index (χ4v) is 2.36. The number of halogens is 5. The Morgan fingerprint density at radius 1 is 0.889 bits per heavy atom. The molecule has 27 heavy (non-hydrogen) atoms. The molecule has 0 saturated heterocycles. The second kappa shape index (κ2) is 7.63. The van der Waals surface area contributed by atoms with Crippen LogP contribution in [-0.4, -0.2) is 10.9 Å². The molecule has 4 nitrogen and oxygen atoms in total. The fraction of sp³-hybridized carbons (Fsp3) is 0. The minimum Gasteiger partial charge on any atom is -0.353 e. The molecule has 0 aliphatic rings. The van der Waals surface area contributed by atoms with Crippen molar-refractivity contribution in [2.75, 3.05) is 10.6 Å². The number of nitrogens with zero attached hydrogens (tertiary/aromatic N) is 1. The molecule has 0 aliphatic carbocycles. The highest BCUT2D eigenvalue weighted by Gasteiger charge is 2.15. The van der Waals surface area contributed by atoms with Crippen molar-refractivity contribution in [2.45, 2.75) is 0 Å². The van der Waals surface area contributed by atoms with Gasteiger partial charge in [0, 0.05) is 17.6 Å². The van der Waals surface area contributed by atoms with E-state index >= 15 is 0 Å². The number of carbonyl (C=O) groups is 1. The summed E-state index contributed by atoms with van der Waals surface area (Å²) in [5.41, 5.74) is 0.107. The molecule has 1 amide bonds. The van der Waals surface area contributed by atoms with Crippen LogP contribution < -0.4 is 10.6 Å². The van der Waals surface area contributed by atoms with Crippen molar-refractivity contribution >= 4 is 34.6 Å². The van der Waals surface area contributed by atoms with Gasteiger partial charge < -0.3 is 10.6 Å². The molecule has 0 aliphatic heterocycles. The molecular weight excluding hydrogens is 386 g/mol. The van der Waals surface area contributed by atoms with Crippen LogP contribution in [0.25, 0.3) is 0 Å². The Bertz CT molecular complexity index is 1030. The van der Waals surface area contributed by atoms with Gasteiger partial charge in [-0.1, -0.05) is 11.6 Å². The van der Waals surface area contributed by atoms with Crippen molar-refractivity contribution in [3.63, 3.8) is 0 Å². The maximum atomic E-state index is 13.7. The number of pyridine rings is 1. The second-order valence-electron chi connectivity index (χ2n) is 5.36. The Morgan fingerprint density at radius 3 is 2.37 bits per heavy atom. The SMILES string of the molecule is O=C(Nc1ccc(F)c(Cl)c1)c1cc(Nc2ccc(F)c(F)c2F)ccn1. The second-order valence-corrected chi connectivity index (χ2v) is 5.77. The molecule has 2 aromatic carbocycles. The van der Waals surface area contributed by atoms with Crippen molar-refractivity contribution in [3.8, 4) is 0 Å². The van der Waals surface area contributed by atoms with Crippen LogP contribution in [-0.2, 0) is 0 Å². The molecular formula is C18H10ClF4N3O. The first-order valence-electron chi connectivity index (χ1n) is 7.48. The lowest BCUT2D eigenvalue weighted by Crippen LogP contribution is -2.14. The highest BCUT2D eigenvalue weighted by Crippen LogP contribution is 2.24. The van der Waals surface area contributed by atoms with E-state index in [9.17, 15) is 22.4 Å². The van der Waals surface area contributed by atoms with Crippen molar-refractivity contribution in [2.24, 2.45) is 0 Å². The number of rotatable bonds is 4. The van der Waals surface area contributed by atoms with Gasteiger partial charge in [-0.3, -0.25) is 9.78 Å². The number of aromatic nitrogens is 1. The number of hydrogen-bond donors (Lipinski definition) is 2. The number of amides is 1. The molecule has 2 N–H and O–H groups in total. The summed E-state index contributed by atoms with van der Waals surface area (Å²) in [4.78, 5) is 16.1. The predicted octanol–water partition coefficient (Wildman–Crippen LogP) is 5.29. The summed E-state index contributed by atoms with van der Waals surface area (Å²) in [7, 11) is 0.